The number of benzene rings is 2. The molecule has 166 valence electrons. The lowest BCUT2D eigenvalue weighted by Gasteiger charge is -2.24. The van der Waals surface area contributed by atoms with Gasteiger partial charge in [0, 0.05) is 12.1 Å². The first kappa shape index (κ1) is 21.6. The maximum absolute atomic E-state index is 13.3. The van der Waals surface area contributed by atoms with Gasteiger partial charge in [0.05, 0.1) is 16.1 Å². The molecule has 32 heavy (non-hydrogen) atoms. The van der Waals surface area contributed by atoms with Gasteiger partial charge in [-0.05, 0) is 50.1 Å². The van der Waals surface area contributed by atoms with Crippen LogP contribution in [0.2, 0.25) is 0 Å². The summed E-state index contributed by atoms with van der Waals surface area (Å²) >= 11 is 0. The van der Waals surface area contributed by atoms with E-state index in [1.807, 2.05) is 19.1 Å². The maximum Gasteiger partial charge on any atom is 0.338 e. The first-order valence-electron chi connectivity index (χ1n) is 9.88. The Bertz CT molecular complexity index is 1280. The predicted octanol–water partition coefficient (Wildman–Crippen LogP) is 2.92. The fraction of sp³-hybridized carbons (Fsp3) is 0.227. The second kappa shape index (κ2) is 8.46. The van der Waals surface area contributed by atoms with Gasteiger partial charge in [-0.1, -0.05) is 29.4 Å². The summed E-state index contributed by atoms with van der Waals surface area (Å²) in [5.41, 5.74) is 1.61. The highest BCUT2D eigenvalue weighted by molar-refractivity contribution is 7.92. The third kappa shape index (κ3) is 4.22. The van der Waals surface area contributed by atoms with Gasteiger partial charge in [0.2, 0.25) is 0 Å². The molecule has 9 nitrogen and oxygen atoms in total. The van der Waals surface area contributed by atoms with Crippen LogP contribution in [0.3, 0.4) is 0 Å². The SMILES string of the molecule is Cc1cc(NC(=O)COC(=O)c2cccc(S(=O)(=O)N3c4ccccc4C[C@@H]3C)c2)no1. The van der Waals surface area contributed by atoms with E-state index in [4.69, 9.17) is 9.26 Å². The van der Waals surface area contributed by atoms with E-state index in [0.29, 0.717) is 17.9 Å². The Hall–Kier alpha value is -3.66. The standard InChI is InChI=1S/C22H21N3O6S/c1-14-10-16-6-3-4-9-19(16)25(14)32(28,29)18-8-5-7-17(12-18)22(27)30-13-21(26)23-20-11-15(2)31-24-20/h3-9,11-12,14H,10,13H2,1-2H3,(H,23,24,26)/t14-/m0/s1. The molecule has 1 N–H and O–H groups in total. The normalized spacial score (nSPS) is 15.3. The van der Waals surface area contributed by atoms with Gasteiger partial charge in [-0.15, -0.1) is 0 Å². The number of amides is 1. The van der Waals surface area contributed by atoms with E-state index in [9.17, 15) is 18.0 Å². The number of aromatic nitrogens is 1. The lowest BCUT2D eigenvalue weighted by atomic mass is 10.1. The van der Waals surface area contributed by atoms with Gasteiger partial charge in [0.25, 0.3) is 15.9 Å². The highest BCUT2D eigenvalue weighted by Gasteiger charge is 2.36. The van der Waals surface area contributed by atoms with Gasteiger partial charge in [0.15, 0.2) is 12.4 Å². The van der Waals surface area contributed by atoms with E-state index >= 15 is 0 Å². The number of anilines is 2. The van der Waals surface area contributed by atoms with Crippen molar-refractivity contribution in [2.45, 2.75) is 31.2 Å². The third-order valence-electron chi connectivity index (χ3n) is 5.00. The number of nitrogens with one attached hydrogen (secondary N) is 1. The second-order valence-electron chi connectivity index (χ2n) is 7.46. The zero-order valence-corrected chi connectivity index (χ0v) is 18.3. The van der Waals surface area contributed by atoms with Crippen molar-refractivity contribution in [3.8, 4) is 0 Å². The van der Waals surface area contributed by atoms with Crippen LogP contribution in [0.25, 0.3) is 0 Å². The first-order valence-corrected chi connectivity index (χ1v) is 11.3. The van der Waals surface area contributed by atoms with E-state index in [2.05, 4.69) is 10.5 Å². The molecule has 0 fully saturated rings. The minimum atomic E-state index is -3.90. The average molecular weight is 455 g/mol. The predicted molar refractivity (Wildman–Crippen MR) is 116 cm³/mol. The van der Waals surface area contributed by atoms with Gasteiger partial charge in [0.1, 0.15) is 5.76 Å². The van der Waals surface area contributed by atoms with Gasteiger partial charge in [-0.3, -0.25) is 9.10 Å². The summed E-state index contributed by atoms with van der Waals surface area (Å²) in [6.07, 6.45) is 0.608. The van der Waals surface area contributed by atoms with Crippen LogP contribution >= 0.6 is 0 Å². The molecule has 0 aliphatic carbocycles. The maximum atomic E-state index is 13.3. The van der Waals surface area contributed by atoms with Crippen molar-refractivity contribution in [2.75, 3.05) is 16.2 Å². The highest BCUT2D eigenvalue weighted by atomic mass is 32.2. The van der Waals surface area contributed by atoms with Crippen molar-refractivity contribution < 1.29 is 27.3 Å². The molecule has 1 amide bonds. The topological polar surface area (TPSA) is 119 Å². The molecular weight excluding hydrogens is 434 g/mol. The van der Waals surface area contributed by atoms with Crippen LogP contribution in [0.15, 0.2) is 64.0 Å². The van der Waals surface area contributed by atoms with Crippen molar-refractivity contribution >= 4 is 33.4 Å². The van der Waals surface area contributed by atoms with E-state index < -0.39 is 28.5 Å². The number of hydrogen-bond acceptors (Lipinski definition) is 7. The van der Waals surface area contributed by atoms with Gasteiger partial charge in [-0.2, -0.15) is 0 Å². The summed E-state index contributed by atoms with van der Waals surface area (Å²) in [5, 5.41) is 6.05. The number of carbonyl (C=O) groups excluding carboxylic acids is 2. The van der Waals surface area contributed by atoms with Crippen LogP contribution < -0.4 is 9.62 Å². The quantitative estimate of drug-likeness (QED) is 0.568. The molecule has 0 unspecified atom stereocenters. The van der Waals surface area contributed by atoms with E-state index in [-0.39, 0.29) is 22.3 Å². The van der Waals surface area contributed by atoms with E-state index in [1.54, 1.807) is 19.1 Å². The number of para-hydroxylation sites is 1. The van der Waals surface area contributed by atoms with Crippen molar-refractivity contribution in [3.63, 3.8) is 0 Å². The van der Waals surface area contributed by atoms with Crippen molar-refractivity contribution in [1.29, 1.82) is 0 Å². The molecule has 0 saturated carbocycles. The molecule has 1 atom stereocenters. The summed E-state index contributed by atoms with van der Waals surface area (Å²) in [5.74, 6) is -0.691. The van der Waals surface area contributed by atoms with Crippen LogP contribution in [-0.2, 0) is 26.0 Å². The number of rotatable bonds is 6. The number of esters is 1. The Morgan fingerprint density at radius 2 is 1.97 bits per heavy atom. The molecule has 3 aromatic rings. The number of ether oxygens (including phenoxy) is 1. The van der Waals surface area contributed by atoms with Crippen molar-refractivity contribution in [1.82, 2.24) is 5.16 Å². The minimum absolute atomic E-state index is 0.0243. The van der Waals surface area contributed by atoms with Crippen LogP contribution in [0, 0.1) is 6.92 Å². The average Bonchev–Trinajstić information content (AvgIpc) is 3.33. The number of carbonyl (C=O) groups is 2. The molecule has 1 aliphatic heterocycles. The molecule has 0 spiro atoms. The summed E-state index contributed by atoms with van der Waals surface area (Å²) in [7, 11) is -3.90. The number of sulfonamides is 1. The molecule has 1 aromatic heterocycles. The Morgan fingerprint density at radius 3 is 2.72 bits per heavy atom. The van der Waals surface area contributed by atoms with E-state index in [0.717, 1.165) is 5.56 Å². The molecule has 4 rings (SSSR count). The molecule has 2 heterocycles. The van der Waals surface area contributed by atoms with Crippen LogP contribution in [0.5, 0.6) is 0 Å². The minimum Gasteiger partial charge on any atom is -0.452 e. The van der Waals surface area contributed by atoms with Crippen LogP contribution in [-0.4, -0.2) is 38.1 Å². The molecule has 0 bridgehead atoms. The summed E-state index contributed by atoms with van der Waals surface area (Å²) < 4.78 is 37.9. The molecular formula is C22H21N3O6S. The monoisotopic (exact) mass is 455 g/mol. The fourth-order valence-electron chi connectivity index (χ4n) is 3.62. The third-order valence-corrected chi connectivity index (χ3v) is 6.93. The van der Waals surface area contributed by atoms with Gasteiger partial charge >= 0.3 is 5.97 Å². The fourth-order valence-corrected chi connectivity index (χ4v) is 5.36. The lowest BCUT2D eigenvalue weighted by Crippen LogP contribution is -2.35. The van der Waals surface area contributed by atoms with E-state index in [1.165, 1.54) is 34.6 Å². The molecule has 1 aliphatic rings. The lowest BCUT2D eigenvalue weighted by molar-refractivity contribution is -0.119. The van der Waals surface area contributed by atoms with Crippen LogP contribution in [0.4, 0.5) is 11.5 Å². The number of aryl methyl sites for hydroxylation is 1. The highest BCUT2D eigenvalue weighted by Crippen LogP contribution is 2.36. The summed E-state index contributed by atoms with van der Waals surface area (Å²) in [6.45, 7) is 2.95. The first-order chi connectivity index (χ1) is 15.3. The van der Waals surface area contributed by atoms with Crippen LogP contribution in [0.1, 0.15) is 28.6 Å². The Labute approximate surface area is 185 Å². The van der Waals surface area contributed by atoms with Crippen molar-refractivity contribution in [3.05, 3.63) is 71.5 Å². The van der Waals surface area contributed by atoms with Gasteiger partial charge in [-0.25, -0.2) is 13.2 Å². The molecule has 10 heteroatoms. The largest absolute Gasteiger partial charge is 0.452 e. The second-order valence-corrected chi connectivity index (χ2v) is 9.27. The molecule has 0 radical (unpaired) electrons. The smallest absolute Gasteiger partial charge is 0.338 e. The molecule has 2 aromatic carbocycles. The number of hydrogen-bond donors (Lipinski definition) is 1. The summed E-state index contributed by atoms with van der Waals surface area (Å²) in [6, 6.07) is 14.2. The van der Waals surface area contributed by atoms with Gasteiger partial charge < -0.3 is 14.6 Å². The Kier molecular flexibility index (Phi) is 5.70. The van der Waals surface area contributed by atoms with Crippen molar-refractivity contribution in [2.24, 2.45) is 0 Å². The molecule has 0 saturated heterocycles. The Balaban J connectivity index is 1.48. The number of nitrogens with zero attached hydrogens (tertiary/aromatic N) is 2. The zero-order valence-electron chi connectivity index (χ0n) is 17.4. The summed E-state index contributed by atoms with van der Waals surface area (Å²) in [4.78, 5) is 24.3. The zero-order chi connectivity index (χ0) is 22.9. The number of fused-ring (bicyclic) bond motifs is 1. The Morgan fingerprint density at radius 1 is 1.19 bits per heavy atom.